The number of ether oxygens (including phenoxy) is 1. The van der Waals surface area contributed by atoms with E-state index < -0.39 is 23.8 Å². The van der Waals surface area contributed by atoms with Crippen molar-refractivity contribution in [3.63, 3.8) is 0 Å². The van der Waals surface area contributed by atoms with Gasteiger partial charge in [0.05, 0.1) is 12.2 Å². The fraction of sp³-hybridized carbons (Fsp3) is 0.538. The third-order valence-electron chi connectivity index (χ3n) is 3.17. The third-order valence-corrected chi connectivity index (χ3v) is 3.17. The molecule has 0 radical (unpaired) electrons. The van der Waals surface area contributed by atoms with Crippen LogP contribution in [0.3, 0.4) is 0 Å². The summed E-state index contributed by atoms with van der Waals surface area (Å²) in [6, 6.07) is 1.66. The summed E-state index contributed by atoms with van der Waals surface area (Å²) in [4.78, 5) is 17.4. The average Bonchev–Trinajstić information content (AvgIpc) is 2.47. The van der Waals surface area contributed by atoms with Crippen molar-refractivity contribution in [3.8, 4) is 0 Å². The van der Waals surface area contributed by atoms with E-state index in [-0.39, 0.29) is 6.61 Å². The van der Waals surface area contributed by atoms with Gasteiger partial charge in [-0.3, -0.25) is 0 Å². The van der Waals surface area contributed by atoms with Crippen LogP contribution in [0.15, 0.2) is 18.3 Å². The molecule has 1 aromatic heterocycles. The molecule has 1 N–H and O–H groups in total. The molecule has 1 unspecified atom stereocenters. The molecular formula is C13H16F3N3O2. The van der Waals surface area contributed by atoms with E-state index in [1.807, 2.05) is 0 Å². The van der Waals surface area contributed by atoms with Crippen molar-refractivity contribution in [1.29, 1.82) is 0 Å². The monoisotopic (exact) mass is 303 g/mol. The zero-order valence-electron chi connectivity index (χ0n) is 11.5. The van der Waals surface area contributed by atoms with Crippen LogP contribution in [0.2, 0.25) is 0 Å². The number of piperazine rings is 1. The topological polar surface area (TPSA) is 54.5 Å². The third kappa shape index (κ3) is 3.63. The standard InChI is InChI=1S/C13H16F3N3O2/c1-2-21-12(20)10-8-17-5-6-19(10)11-4-3-9(7-18-11)13(14,15)16/h3-4,7,10,17H,2,5-6,8H2,1H3. The zero-order valence-corrected chi connectivity index (χ0v) is 11.5. The number of pyridine rings is 1. The lowest BCUT2D eigenvalue weighted by atomic mass is 10.2. The van der Waals surface area contributed by atoms with E-state index in [2.05, 4.69) is 10.3 Å². The molecule has 1 atom stereocenters. The Labute approximate surface area is 120 Å². The van der Waals surface area contributed by atoms with Crippen LogP contribution in [-0.2, 0) is 15.7 Å². The number of nitrogens with zero attached hydrogens (tertiary/aromatic N) is 2. The molecule has 1 saturated heterocycles. The Kier molecular flexibility index (Phi) is 4.66. The molecule has 1 aliphatic heterocycles. The van der Waals surface area contributed by atoms with E-state index in [0.29, 0.717) is 25.5 Å². The van der Waals surface area contributed by atoms with Crippen LogP contribution in [0.1, 0.15) is 12.5 Å². The summed E-state index contributed by atoms with van der Waals surface area (Å²) in [6.07, 6.45) is -3.64. The Hall–Kier alpha value is -1.83. The molecule has 8 heteroatoms. The number of nitrogens with one attached hydrogen (secondary N) is 1. The first-order chi connectivity index (χ1) is 9.93. The Morgan fingerprint density at radius 3 is 2.86 bits per heavy atom. The quantitative estimate of drug-likeness (QED) is 0.856. The minimum absolute atomic E-state index is 0.254. The number of hydrogen-bond donors (Lipinski definition) is 1. The molecule has 0 saturated carbocycles. The Balaban J connectivity index is 2.19. The molecule has 1 fully saturated rings. The van der Waals surface area contributed by atoms with E-state index in [4.69, 9.17) is 4.74 Å². The number of aromatic nitrogens is 1. The van der Waals surface area contributed by atoms with Gasteiger partial charge in [-0.25, -0.2) is 9.78 Å². The molecular weight excluding hydrogens is 287 g/mol. The van der Waals surface area contributed by atoms with Gasteiger partial charge in [0.15, 0.2) is 0 Å². The number of halogens is 3. The number of carbonyl (C=O) groups excluding carboxylic acids is 1. The van der Waals surface area contributed by atoms with Crippen molar-refractivity contribution in [2.24, 2.45) is 0 Å². The normalized spacial score (nSPS) is 19.4. The molecule has 1 aromatic rings. The molecule has 0 aromatic carbocycles. The molecule has 0 aliphatic carbocycles. The predicted molar refractivity (Wildman–Crippen MR) is 69.9 cm³/mol. The van der Waals surface area contributed by atoms with Crippen molar-refractivity contribution in [1.82, 2.24) is 10.3 Å². The summed E-state index contributed by atoms with van der Waals surface area (Å²) in [5.41, 5.74) is -0.811. The van der Waals surface area contributed by atoms with Crippen LogP contribution in [0.4, 0.5) is 19.0 Å². The van der Waals surface area contributed by atoms with E-state index in [1.165, 1.54) is 6.07 Å². The predicted octanol–water partition coefficient (Wildman–Crippen LogP) is 1.44. The SMILES string of the molecule is CCOC(=O)C1CNCCN1c1ccc(C(F)(F)F)cn1. The molecule has 0 amide bonds. The van der Waals surface area contributed by atoms with Crippen molar-refractivity contribution in [3.05, 3.63) is 23.9 Å². The summed E-state index contributed by atoms with van der Waals surface area (Å²) < 4.78 is 42.6. The van der Waals surface area contributed by atoms with E-state index in [9.17, 15) is 18.0 Å². The van der Waals surface area contributed by atoms with Crippen LogP contribution in [0.5, 0.6) is 0 Å². The zero-order chi connectivity index (χ0) is 15.5. The molecule has 2 rings (SSSR count). The smallest absolute Gasteiger partial charge is 0.417 e. The van der Waals surface area contributed by atoms with Gasteiger partial charge in [0.1, 0.15) is 11.9 Å². The van der Waals surface area contributed by atoms with Crippen LogP contribution in [-0.4, -0.2) is 43.2 Å². The highest BCUT2D eigenvalue weighted by Crippen LogP contribution is 2.29. The molecule has 0 spiro atoms. The number of carbonyl (C=O) groups is 1. The van der Waals surface area contributed by atoms with Crippen molar-refractivity contribution in [2.45, 2.75) is 19.1 Å². The van der Waals surface area contributed by atoms with Crippen LogP contribution in [0.25, 0.3) is 0 Å². The maximum atomic E-state index is 12.5. The van der Waals surface area contributed by atoms with Gasteiger partial charge in [0.25, 0.3) is 0 Å². The lowest BCUT2D eigenvalue weighted by Crippen LogP contribution is -2.56. The molecule has 5 nitrogen and oxygen atoms in total. The summed E-state index contributed by atoms with van der Waals surface area (Å²) in [6.45, 7) is 3.43. The highest BCUT2D eigenvalue weighted by molar-refractivity contribution is 5.80. The maximum Gasteiger partial charge on any atom is 0.417 e. The molecule has 116 valence electrons. The fourth-order valence-corrected chi connectivity index (χ4v) is 2.15. The second-order valence-electron chi connectivity index (χ2n) is 4.57. The lowest BCUT2D eigenvalue weighted by molar-refractivity contribution is -0.145. The first-order valence-electron chi connectivity index (χ1n) is 6.60. The number of alkyl halides is 3. The molecule has 0 bridgehead atoms. The summed E-state index contributed by atoms with van der Waals surface area (Å²) in [7, 11) is 0. The van der Waals surface area contributed by atoms with Crippen LogP contribution >= 0.6 is 0 Å². The minimum Gasteiger partial charge on any atom is -0.464 e. The fourth-order valence-electron chi connectivity index (χ4n) is 2.15. The number of hydrogen-bond acceptors (Lipinski definition) is 5. The van der Waals surface area contributed by atoms with Gasteiger partial charge >= 0.3 is 12.1 Å². The van der Waals surface area contributed by atoms with E-state index >= 15 is 0 Å². The van der Waals surface area contributed by atoms with E-state index in [0.717, 1.165) is 12.3 Å². The summed E-state index contributed by atoms with van der Waals surface area (Å²) in [5, 5.41) is 3.06. The lowest BCUT2D eigenvalue weighted by Gasteiger charge is -2.35. The van der Waals surface area contributed by atoms with Crippen molar-refractivity contribution >= 4 is 11.8 Å². The van der Waals surface area contributed by atoms with Gasteiger partial charge in [0.2, 0.25) is 0 Å². The maximum absolute atomic E-state index is 12.5. The second kappa shape index (κ2) is 6.30. The largest absolute Gasteiger partial charge is 0.464 e. The van der Waals surface area contributed by atoms with Crippen LogP contribution < -0.4 is 10.2 Å². The minimum atomic E-state index is -4.42. The number of anilines is 1. The molecule has 2 heterocycles. The van der Waals surface area contributed by atoms with Gasteiger partial charge in [-0.15, -0.1) is 0 Å². The Morgan fingerprint density at radius 2 is 2.29 bits per heavy atom. The van der Waals surface area contributed by atoms with Crippen molar-refractivity contribution < 1.29 is 22.7 Å². The molecule has 21 heavy (non-hydrogen) atoms. The van der Waals surface area contributed by atoms with Gasteiger partial charge in [0, 0.05) is 25.8 Å². The Bertz CT molecular complexity index is 490. The number of esters is 1. The van der Waals surface area contributed by atoms with Crippen molar-refractivity contribution in [2.75, 3.05) is 31.1 Å². The Morgan fingerprint density at radius 1 is 1.52 bits per heavy atom. The van der Waals surface area contributed by atoms with E-state index in [1.54, 1.807) is 11.8 Å². The van der Waals surface area contributed by atoms with Gasteiger partial charge < -0.3 is 15.0 Å². The first kappa shape index (κ1) is 15.6. The van der Waals surface area contributed by atoms with Crippen LogP contribution in [0, 0.1) is 0 Å². The second-order valence-corrected chi connectivity index (χ2v) is 4.57. The summed E-state index contributed by atoms with van der Waals surface area (Å²) >= 11 is 0. The van der Waals surface area contributed by atoms with Gasteiger partial charge in [-0.2, -0.15) is 13.2 Å². The highest BCUT2D eigenvalue weighted by Gasteiger charge is 2.33. The van der Waals surface area contributed by atoms with Gasteiger partial charge in [-0.1, -0.05) is 0 Å². The van der Waals surface area contributed by atoms with Gasteiger partial charge in [-0.05, 0) is 19.1 Å². The summed E-state index contributed by atoms with van der Waals surface area (Å²) in [5.74, 6) is -0.0750. The average molecular weight is 303 g/mol. The first-order valence-corrected chi connectivity index (χ1v) is 6.60. The molecule has 1 aliphatic rings. The highest BCUT2D eigenvalue weighted by atomic mass is 19.4. The number of rotatable bonds is 3.